The summed E-state index contributed by atoms with van der Waals surface area (Å²) in [6.07, 6.45) is 0.480. The topological polar surface area (TPSA) is 108 Å². The van der Waals surface area contributed by atoms with Crippen molar-refractivity contribution in [2.75, 3.05) is 17.9 Å². The van der Waals surface area contributed by atoms with Crippen LogP contribution in [0.1, 0.15) is 10.4 Å². The van der Waals surface area contributed by atoms with E-state index in [1.165, 1.54) is 12.1 Å². The third-order valence-corrected chi connectivity index (χ3v) is 5.97. The number of ether oxygens (including phenoxy) is 1. The molecule has 1 unspecified atom stereocenters. The molecule has 0 amide bonds. The van der Waals surface area contributed by atoms with Gasteiger partial charge in [0.1, 0.15) is 47.3 Å². The van der Waals surface area contributed by atoms with Crippen LogP contribution in [-0.4, -0.2) is 29.1 Å². The fourth-order valence-corrected chi connectivity index (χ4v) is 4.40. The lowest BCUT2D eigenvalue weighted by molar-refractivity contribution is 0.112. The molecule has 0 spiro atoms. The van der Waals surface area contributed by atoms with Gasteiger partial charge < -0.3 is 20.1 Å². The maximum absolute atomic E-state index is 14.6. The molecule has 1 atom stereocenters. The number of halogens is 4. The Morgan fingerprint density at radius 3 is 2.56 bits per heavy atom. The number of benzene rings is 3. The molecule has 6 nitrogen and oxygen atoms in total. The molecule has 0 saturated carbocycles. The number of carbonyl (C=O) groups is 1. The Morgan fingerprint density at radius 1 is 1.12 bits per heavy atom. The van der Waals surface area contributed by atoms with Gasteiger partial charge in [-0.3, -0.25) is 4.79 Å². The minimum absolute atomic E-state index is 0.00155. The van der Waals surface area contributed by atoms with Gasteiger partial charge in [-0.2, -0.15) is 0 Å². The highest BCUT2D eigenvalue weighted by Crippen LogP contribution is 2.37. The van der Waals surface area contributed by atoms with E-state index < -0.39 is 34.6 Å². The summed E-state index contributed by atoms with van der Waals surface area (Å²) in [6, 6.07) is 7.43. The fraction of sp³-hybridized carbons (Fsp3) is 0.0952. The zero-order chi connectivity index (χ0) is 23.4. The zero-order valence-corrected chi connectivity index (χ0v) is 18.6. The number of hydrogen-bond donors (Lipinski definition) is 3. The molecule has 0 aliphatic heterocycles. The second-order valence-electron chi connectivity index (χ2n) is 6.43. The number of phenolic OH excluding ortho intramolecular Hbond substituents is 1. The summed E-state index contributed by atoms with van der Waals surface area (Å²) in [4.78, 5) is 10.9. The number of nitrogens with one attached hydrogen (secondary N) is 1. The summed E-state index contributed by atoms with van der Waals surface area (Å²) in [7, 11) is 0. The Labute approximate surface area is 192 Å². The third kappa shape index (κ3) is 5.18. The van der Waals surface area contributed by atoms with Gasteiger partial charge in [0.25, 0.3) is 0 Å². The number of aromatic hydroxyl groups is 1. The Bertz CT molecular complexity index is 1170. The predicted molar refractivity (Wildman–Crippen MR) is 118 cm³/mol. The molecule has 0 saturated heterocycles. The molecule has 11 heteroatoms. The van der Waals surface area contributed by atoms with Gasteiger partial charge in [0.05, 0.1) is 4.47 Å². The minimum Gasteiger partial charge on any atom is -0.588 e. The van der Waals surface area contributed by atoms with Crippen molar-refractivity contribution in [1.82, 2.24) is 0 Å². The monoisotopic (exact) mass is 528 g/mol. The van der Waals surface area contributed by atoms with Gasteiger partial charge in [-0.25, -0.2) is 17.9 Å². The van der Waals surface area contributed by atoms with Gasteiger partial charge in [-0.05, 0) is 46.3 Å². The van der Waals surface area contributed by atoms with E-state index in [4.69, 9.17) is 10.5 Å². The van der Waals surface area contributed by atoms with Crippen LogP contribution in [0.5, 0.6) is 11.5 Å². The Morgan fingerprint density at radius 2 is 1.88 bits per heavy atom. The van der Waals surface area contributed by atoms with Gasteiger partial charge >= 0.3 is 0 Å². The molecule has 0 aliphatic carbocycles. The van der Waals surface area contributed by atoms with Crippen LogP contribution in [0.15, 0.2) is 51.8 Å². The number of phenols is 1. The fourth-order valence-electron chi connectivity index (χ4n) is 2.80. The summed E-state index contributed by atoms with van der Waals surface area (Å²) in [5, 5.41) is 10.1. The van der Waals surface area contributed by atoms with Crippen molar-refractivity contribution in [3.8, 4) is 22.6 Å². The van der Waals surface area contributed by atoms with Crippen LogP contribution in [0.3, 0.4) is 0 Å². The van der Waals surface area contributed by atoms with E-state index in [0.29, 0.717) is 12.4 Å². The predicted octanol–water partition coefficient (Wildman–Crippen LogP) is 4.52. The van der Waals surface area contributed by atoms with E-state index in [2.05, 4.69) is 20.7 Å². The molecule has 3 aromatic carbocycles. The third-order valence-electron chi connectivity index (χ3n) is 4.25. The van der Waals surface area contributed by atoms with Crippen molar-refractivity contribution >= 4 is 39.3 Å². The van der Waals surface area contributed by atoms with E-state index in [-0.39, 0.29) is 50.6 Å². The summed E-state index contributed by atoms with van der Waals surface area (Å²) >= 11 is 0.802. The van der Waals surface area contributed by atoms with Crippen molar-refractivity contribution in [3.05, 3.63) is 70.0 Å². The van der Waals surface area contributed by atoms with Crippen molar-refractivity contribution < 1.29 is 32.4 Å². The molecule has 3 aromatic rings. The number of carbonyl (C=O) groups excluding carboxylic acids is 1. The molecular formula is C21H16BrF3N2O4S. The van der Waals surface area contributed by atoms with Crippen LogP contribution >= 0.6 is 15.9 Å². The summed E-state index contributed by atoms with van der Waals surface area (Å²) in [5.74, 6) is -3.06. The minimum atomic E-state index is -2.24. The molecule has 0 aromatic heterocycles. The number of aldehydes is 1. The smallest absolute Gasteiger partial charge is 0.223 e. The summed E-state index contributed by atoms with van der Waals surface area (Å²) < 4.78 is 63.5. The van der Waals surface area contributed by atoms with Crippen LogP contribution in [0.2, 0.25) is 0 Å². The molecule has 0 aliphatic rings. The van der Waals surface area contributed by atoms with Crippen molar-refractivity contribution in [2.45, 2.75) is 4.90 Å². The Hall–Kier alpha value is -2.73. The first-order valence-electron chi connectivity index (χ1n) is 9.03. The number of rotatable bonds is 8. The lowest BCUT2D eigenvalue weighted by Gasteiger charge is -2.16. The first-order valence-corrected chi connectivity index (χ1v) is 11.0. The van der Waals surface area contributed by atoms with Crippen LogP contribution in [-0.2, 0) is 11.4 Å². The Kier molecular flexibility index (Phi) is 7.67. The van der Waals surface area contributed by atoms with E-state index >= 15 is 0 Å². The van der Waals surface area contributed by atoms with Crippen LogP contribution in [0.4, 0.5) is 18.9 Å². The van der Waals surface area contributed by atoms with Gasteiger partial charge in [0.15, 0.2) is 11.6 Å². The highest BCUT2D eigenvalue weighted by molar-refractivity contribution is 9.10. The van der Waals surface area contributed by atoms with E-state index in [1.807, 2.05) is 0 Å². The maximum Gasteiger partial charge on any atom is 0.223 e. The van der Waals surface area contributed by atoms with E-state index in [0.717, 1.165) is 24.3 Å². The second-order valence-corrected chi connectivity index (χ2v) is 8.46. The zero-order valence-electron chi connectivity index (χ0n) is 16.2. The Balaban J connectivity index is 2.03. The van der Waals surface area contributed by atoms with Crippen LogP contribution in [0.25, 0.3) is 11.1 Å². The van der Waals surface area contributed by atoms with Crippen molar-refractivity contribution in [3.63, 3.8) is 0 Å². The number of nitrogens with two attached hydrogens (primary N) is 1. The highest BCUT2D eigenvalue weighted by atomic mass is 79.9. The summed E-state index contributed by atoms with van der Waals surface area (Å²) in [6.45, 7) is 0.241. The molecule has 0 heterocycles. The van der Waals surface area contributed by atoms with Crippen molar-refractivity contribution in [2.24, 2.45) is 5.73 Å². The molecule has 0 radical (unpaired) electrons. The standard InChI is InChI=1S/C21H16BrF3N2O4S/c22-15-5-11(10-28)6-20(21(15)29)32(30)27-18-8-13(16(24)9-17(18)25)14-7-12(23)1-2-19(14)31-4-3-26/h1-2,5-10,27,29H,3-4,26H2. The quantitative estimate of drug-likeness (QED) is 0.293. The van der Waals surface area contributed by atoms with E-state index in [1.54, 1.807) is 0 Å². The van der Waals surface area contributed by atoms with Crippen molar-refractivity contribution in [1.29, 1.82) is 0 Å². The molecular weight excluding hydrogens is 513 g/mol. The normalized spacial score (nSPS) is 11.8. The lowest BCUT2D eigenvalue weighted by Crippen LogP contribution is -2.15. The van der Waals surface area contributed by atoms with Gasteiger partial charge in [-0.15, -0.1) is 0 Å². The van der Waals surface area contributed by atoms with Crippen LogP contribution < -0.4 is 15.2 Å². The first-order chi connectivity index (χ1) is 15.2. The van der Waals surface area contributed by atoms with Gasteiger partial charge in [0, 0.05) is 35.4 Å². The molecule has 168 valence electrons. The first kappa shape index (κ1) is 23.9. The molecule has 32 heavy (non-hydrogen) atoms. The maximum atomic E-state index is 14.6. The van der Waals surface area contributed by atoms with E-state index in [9.17, 15) is 27.6 Å². The largest absolute Gasteiger partial charge is 0.588 e. The average molecular weight is 529 g/mol. The second kappa shape index (κ2) is 10.3. The lowest BCUT2D eigenvalue weighted by atomic mass is 10.0. The highest BCUT2D eigenvalue weighted by Gasteiger charge is 2.24. The summed E-state index contributed by atoms with van der Waals surface area (Å²) in [5.41, 5.74) is 4.92. The number of anilines is 1. The number of hydrogen-bond acceptors (Lipinski definition) is 6. The van der Waals surface area contributed by atoms with Crippen LogP contribution in [0, 0.1) is 17.5 Å². The van der Waals surface area contributed by atoms with Gasteiger partial charge in [0.2, 0.25) is 4.90 Å². The molecule has 3 rings (SSSR count). The molecule has 4 N–H and O–H groups in total. The SMILES string of the molecule is NCCOc1ccc(F)cc1-c1cc(N[S+]([O-])c2cc(C=O)cc(Br)c2O)c(F)cc1F. The molecule has 0 bridgehead atoms. The average Bonchev–Trinajstić information content (AvgIpc) is 2.76. The van der Waals surface area contributed by atoms with Gasteiger partial charge in [-0.1, -0.05) is 0 Å². The molecule has 0 fully saturated rings.